The topological polar surface area (TPSA) is 286 Å². The summed E-state index contributed by atoms with van der Waals surface area (Å²) in [5.74, 6) is -0.761. The van der Waals surface area contributed by atoms with Gasteiger partial charge in [-0.15, -0.1) is 0 Å². The van der Waals surface area contributed by atoms with Crippen molar-refractivity contribution in [1.29, 1.82) is 0 Å². The summed E-state index contributed by atoms with van der Waals surface area (Å²) in [4.78, 5) is 37.3. The van der Waals surface area contributed by atoms with E-state index in [1.165, 1.54) is 135 Å². The van der Waals surface area contributed by atoms with Gasteiger partial charge in [0.2, 0.25) is 19.0 Å². The predicted molar refractivity (Wildman–Crippen MR) is 392 cm³/mol. The molecular formula is C76H128Br3N7O11. The number of nitrogens with one attached hydrogen (secondary N) is 3. The van der Waals surface area contributed by atoms with E-state index in [-0.39, 0.29) is 96.5 Å². The number of aromatic nitrogens is 2. The quantitative estimate of drug-likeness (QED) is 0.0164. The number of unbranched alkanes of at least 4 members (excludes halogenated alkanes) is 22. The van der Waals surface area contributed by atoms with Crippen molar-refractivity contribution < 1.29 is 98.3 Å². The number of hydrogen-bond acceptors (Lipinski definition) is 13. The number of nitrogens with two attached hydrogens (primary N) is 1. The maximum atomic E-state index is 12.2. The number of aliphatic hydroxyl groups is 8. The van der Waals surface area contributed by atoms with Crippen LogP contribution in [0, 0.1) is 0 Å². The summed E-state index contributed by atoms with van der Waals surface area (Å²) in [6.45, 7) is 7.59. The molecule has 554 valence electrons. The van der Waals surface area contributed by atoms with Crippen molar-refractivity contribution in [2.45, 2.75) is 256 Å². The minimum atomic E-state index is -0.914. The average molecular weight is 1560 g/mol. The third kappa shape index (κ3) is 54.0. The Morgan fingerprint density at radius 1 is 0.454 bits per heavy atom. The molecule has 3 amide bonds. The zero-order chi connectivity index (χ0) is 70.5. The van der Waals surface area contributed by atoms with E-state index >= 15 is 0 Å². The first-order valence-corrected chi connectivity index (χ1v) is 36.5. The molecule has 0 aliphatic heterocycles. The van der Waals surface area contributed by atoms with Crippen molar-refractivity contribution >= 4 is 51.5 Å². The first kappa shape index (κ1) is 96.7. The summed E-state index contributed by atoms with van der Waals surface area (Å²) in [5, 5.41) is 83.9. The van der Waals surface area contributed by atoms with Gasteiger partial charge in [-0.3, -0.25) is 14.4 Å². The molecule has 0 fully saturated rings. The van der Waals surface area contributed by atoms with E-state index in [2.05, 4.69) is 74.9 Å². The van der Waals surface area contributed by atoms with Gasteiger partial charge in [0.15, 0.2) is 24.8 Å². The molecule has 18 nitrogen and oxygen atoms in total. The lowest BCUT2D eigenvalue weighted by Gasteiger charge is -2.19. The summed E-state index contributed by atoms with van der Waals surface area (Å²) in [6, 6.07) is 15.1. The Morgan fingerprint density at radius 2 is 0.784 bits per heavy atom. The number of hydrogen-bond donors (Lipinski definition) is 12. The Morgan fingerprint density at radius 3 is 1.12 bits per heavy atom. The fourth-order valence-electron chi connectivity index (χ4n) is 9.63. The molecule has 8 atom stereocenters. The highest BCUT2D eigenvalue weighted by atomic mass is 79.9. The zero-order valence-corrected chi connectivity index (χ0v) is 64.3. The normalized spacial score (nSPS) is 13.7. The van der Waals surface area contributed by atoms with Crippen molar-refractivity contribution in [2.75, 3.05) is 50.8 Å². The minimum Gasteiger partial charge on any atom is -1.00 e. The number of benzene rings is 1. The Hall–Kier alpha value is -4.49. The molecule has 0 saturated heterocycles. The standard InChI is InChI=1S/C24H31N3O3.C20H38BrNO3.C18H37NO2.C14H20N2O3.2BrH/c1-4-5-6-23(29)22(18-28)25-24(30)17-27-15-13-20(14-16-27)8-7-19-9-11-21(12-10-19)26(2)3;1-2-3-4-5-6-7-8-9-10-11-12-13-14-15-19(24)18(17-23)22-20(25)16-21;1-2-3-4-5-6-7-8-9-10-11-12-13-14-15-18(21)17(19)16-20;1-2-3-7-13(18)12(11-17)15-14(19)10-16-8-5-4-6-9-16;;/h5-16,22-23,28-29H,4,17-18H2,1-3H3;14-15,18-19,23-24H,2-13,16-17H2,1H3,(H,22,25);14-15,17-18,20-21H,2-13,16,19H2,1H3;3-9,12-13,17-18H,2,10-11H2,1H3;2*1H/b6-5+;2*15-14+;7-3+;;/t22-,23+;;;;;/m0...../s1. The van der Waals surface area contributed by atoms with Crippen LogP contribution in [-0.4, -0.2) is 153 Å². The maximum absolute atomic E-state index is 12.2. The Kier molecular flexibility index (Phi) is 67.1. The third-order valence-electron chi connectivity index (χ3n) is 15.6. The monoisotopic (exact) mass is 1550 g/mol. The summed E-state index contributed by atoms with van der Waals surface area (Å²) in [5.41, 5.74) is 8.81. The number of halogens is 3. The predicted octanol–water partition coefficient (Wildman–Crippen LogP) is 4.20. The third-order valence-corrected chi connectivity index (χ3v) is 16.1. The minimum absolute atomic E-state index is 0. The van der Waals surface area contributed by atoms with Gasteiger partial charge in [0, 0.05) is 44.0 Å². The van der Waals surface area contributed by atoms with Gasteiger partial charge in [-0.25, -0.2) is 0 Å². The van der Waals surface area contributed by atoms with Crippen LogP contribution in [0.25, 0.3) is 12.2 Å². The number of anilines is 1. The van der Waals surface area contributed by atoms with E-state index in [9.17, 15) is 50.1 Å². The maximum Gasteiger partial charge on any atom is 0.286 e. The van der Waals surface area contributed by atoms with Gasteiger partial charge in [-0.05, 0) is 61.8 Å². The van der Waals surface area contributed by atoms with Gasteiger partial charge in [-0.2, -0.15) is 9.13 Å². The average Bonchev–Trinajstić information content (AvgIpc) is 1.50. The molecule has 0 spiro atoms. The Balaban J connectivity index is -0.00000122. The number of amides is 3. The molecule has 3 rings (SSSR count). The van der Waals surface area contributed by atoms with Crippen LogP contribution >= 0.6 is 15.9 Å². The highest BCUT2D eigenvalue weighted by Gasteiger charge is 2.22. The van der Waals surface area contributed by atoms with Crippen LogP contribution in [0.15, 0.2) is 128 Å². The van der Waals surface area contributed by atoms with Crippen molar-refractivity contribution in [3.8, 4) is 0 Å². The van der Waals surface area contributed by atoms with Crippen LogP contribution in [0.5, 0.6) is 0 Å². The molecule has 3 aromatic rings. The number of rotatable bonds is 49. The van der Waals surface area contributed by atoms with Gasteiger partial charge >= 0.3 is 0 Å². The van der Waals surface area contributed by atoms with Crippen molar-refractivity contribution in [3.63, 3.8) is 0 Å². The molecular weight excluding hydrogens is 1430 g/mol. The number of carbonyl (C=O) groups is 3. The molecule has 0 aliphatic carbocycles. The van der Waals surface area contributed by atoms with Crippen LogP contribution in [0.3, 0.4) is 0 Å². The summed E-state index contributed by atoms with van der Waals surface area (Å²) in [6.07, 6.45) is 54.9. The zero-order valence-electron chi connectivity index (χ0n) is 59.6. The number of nitrogens with zero attached hydrogens (tertiary/aromatic N) is 3. The highest BCUT2D eigenvalue weighted by Crippen LogP contribution is 2.16. The van der Waals surface area contributed by atoms with E-state index in [0.717, 1.165) is 48.9 Å². The SMILES string of the molecule is CC/C=C/C(O)C(CO)NC(=O)C[n+]1ccccc1.CC/C=C/[C@@H](O)[C@H](CO)NC(=O)C[n+]1ccc(/C=C/c2ccc(N(C)C)cc2)cc1.CCCCCCCCCCCCC/C=C/C(O)C(CO)NC(=O)CBr.CCCCCCCCCCCCC/C=C/C(O)C(N)CO.[Br-].[Br-]. The molecule has 0 aliphatic rings. The van der Waals surface area contributed by atoms with E-state index in [0.29, 0.717) is 0 Å². The molecule has 13 N–H and O–H groups in total. The van der Waals surface area contributed by atoms with E-state index in [1.54, 1.807) is 58.0 Å². The van der Waals surface area contributed by atoms with Crippen LogP contribution in [0.1, 0.15) is 206 Å². The lowest BCUT2D eigenvalue weighted by Crippen LogP contribution is -3.00. The first-order chi connectivity index (χ1) is 46.0. The summed E-state index contributed by atoms with van der Waals surface area (Å²) < 4.78 is 3.47. The second kappa shape index (κ2) is 67.3. The molecule has 2 aromatic heterocycles. The molecule has 97 heavy (non-hydrogen) atoms. The van der Waals surface area contributed by atoms with E-state index in [1.807, 2.05) is 95.0 Å². The Bertz CT molecular complexity index is 2460. The smallest absolute Gasteiger partial charge is 0.286 e. The lowest BCUT2D eigenvalue weighted by atomic mass is 10.0. The largest absolute Gasteiger partial charge is 1.00 e. The second-order valence-electron chi connectivity index (χ2n) is 24.4. The van der Waals surface area contributed by atoms with Crippen LogP contribution < -0.4 is 69.7 Å². The number of alkyl halides is 1. The molecule has 0 radical (unpaired) electrons. The molecule has 2 heterocycles. The van der Waals surface area contributed by atoms with Crippen molar-refractivity contribution in [2.24, 2.45) is 5.73 Å². The van der Waals surface area contributed by atoms with Crippen molar-refractivity contribution in [1.82, 2.24) is 16.0 Å². The number of carbonyl (C=O) groups excluding carboxylic acids is 3. The fourth-order valence-corrected chi connectivity index (χ4v) is 9.79. The number of aliphatic hydroxyl groups excluding tert-OH is 8. The fraction of sp³-hybridized carbons (Fsp3) is 0.618. The summed E-state index contributed by atoms with van der Waals surface area (Å²) in [7, 11) is 4.03. The van der Waals surface area contributed by atoms with Gasteiger partial charge in [0.05, 0.1) is 80.3 Å². The van der Waals surface area contributed by atoms with Crippen LogP contribution in [0.2, 0.25) is 0 Å². The molecule has 0 bridgehead atoms. The molecule has 6 unspecified atom stereocenters. The van der Waals surface area contributed by atoms with Crippen LogP contribution in [0.4, 0.5) is 5.69 Å². The second-order valence-corrected chi connectivity index (χ2v) is 24.9. The first-order valence-electron chi connectivity index (χ1n) is 35.4. The Labute approximate surface area is 613 Å². The van der Waals surface area contributed by atoms with Crippen molar-refractivity contribution in [3.05, 3.63) is 139 Å². The van der Waals surface area contributed by atoms with Gasteiger partial charge < -0.3 is 101 Å². The van der Waals surface area contributed by atoms with E-state index in [4.69, 9.17) is 10.8 Å². The van der Waals surface area contributed by atoms with Crippen LogP contribution in [-0.2, 0) is 27.5 Å². The highest BCUT2D eigenvalue weighted by molar-refractivity contribution is 9.09. The molecule has 1 aromatic carbocycles. The van der Waals surface area contributed by atoms with Gasteiger partial charge in [0.25, 0.3) is 11.8 Å². The summed E-state index contributed by atoms with van der Waals surface area (Å²) >= 11 is 3.05. The lowest BCUT2D eigenvalue weighted by molar-refractivity contribution is -0.684. The molecule has 21 heteroatoms. The number of allylic oxidation sites excluding steroid dienone is 4. The van der Waals surface area contributed by atoms with Gasteiger partial charge in [-0.1, -0.05) is 251 Å². The molecule has 0 saturated carbocycles. The van der Waals surface area contributed by atoms with Gasteiger partial charge in [0.1, 0.15) is 0 Å². The number of pyridine rings is 2. The van der Waals surface area contributed by atoms with E-state index < -0.39 is 48.6 Å².